The largest absolute Gasteiger partial charge is 0.357 e. The number of aryl methyl sites for hydroxylation is 2. The molecule has 1 aliphatic carbocycles. The standard InChI is InChI=1S/C22H27ClN5OP/c1-30(2,29)18-10-14(23)9-16-19-17(27-21(16)18)7-3-5-13-11-25-22(28-20(13)19)26-15-6-4-8-24-12-15/h9-11,15,24,27H,3-8,12H2,1-2H3,(H,25,26,28)/t15-/m0/s1. The van der Waals surface area contributed by atoms with Crippen molar-refractivity contribution in [2.45, 2.75) is 38.1 Å². The quantitative estimate of drug-likeness (QED) is 0.529. The van der Waals surface area contributed by atoms with E-state index in [0.29, 0.717) is 17.0 Å². The second-order valence-corrected chi connectivity index (χ2v) is 12.4. The average molecular weight is 444 g/mol. The Hall–Kier alpha value is -1.88. The number of H-pyrrole nitrogens is 1. The van der Waals surface area contributed by atoms with E-state index in [-0.39, 0.29) is 0 Å². The van der Waals surface area contributed by atoms with Crippen LogP contribution in [0.5, 0.6) is 0 Å². The normalized spacial score (nSPS) is 19.2. The molecule has 1 atom stereocenters. The second kappa shape index (κ2) is 7.67. The number of nitrogens with zero attached hydrogens (tertiary/aromatic N) is 2. The van der Waals surface area contributed by atoms with Gasteiger partial charge in [-0.3, -0.25) is 0 Å². The fourth-order valence-electron chi connectivity index (χ4n) is 4.67. The number of anilines is 1. The van der Waals surface area contributed by atoms with Gasteiger partial charge in [-0.2, -0.15) is 0 Å². The van der Waals surface area contributed by atoms with E-state index in [4.69, 9.17) is 16.6 Å². The number of nitrogens with one attached hydrogen (secondary N) is 3. The fourth-order valence-corrected chi connectivity index (χ4v) is 6.13. The van der Waals surface area contributed by atoms with Crippen LogP contribution in [0.3, 0.4) is 0 Å². The first-order valence-electron chi connectivity index (χ1n) is 10.6. The molecule has 2 aromatic heterocycles. The van der Waals surface area contributed by atoms with E-state index in [1.54, 1.807) is 13.3 Å². The lowest BCUT2D eigenvalue weighted by molar-refractivity contribution is 0.478. The van der Waals surface area contributed by atoms with Crippen molar-refractivity contribution in [1.29, 1.82) is 0 Å². The summed E-state index contributed by atoms with van der Waals surface area (Å²) >= 11 is 6.47. The van der Waals surface area contributed by atoms with E-state index in [9.17, 15) is 4.57 Å². The van der Waals surface area contributed by atoms with Gasteiger partial charge in [0.05, 0.1) is 11.2 Å². The van der Waals surface area contributed by atoms with Gasteiger partial charge < -0.3 is 20.2 Å². The van der Waals surface area contributed by atoms with Crippen molar-refractivity contribution in [3.05, 3.63) is 34.6 Å². The van der Waals surface area contributed by atoms with E-state index in [2.05, 4.69) is 20.6 Å². The van der Waals surface area contributed by atoms with Crippen molar-refractivity contribution in [2.24, 2.45) is 0 Å². The van der Waals surface area contributed by atoms with Gasteiger partial charge in [-0.05, 0) is 69.7 Å². The van der Waals surface area contributed by atoms with Crippen LogP contribution in [-0.4, -0.2) is 47.4 Å². The first-order chi connectivity index (χ1) is 14.4. The van der Waals surface area contributed by atoms with Gasteiger partial charge in [-0.1, -0.05) is 11.6 Å². The van der Waals surface area contributed by atoms with Crippen molar-refractivity contribution in [3.63, 3.8) is 0 Å². The summed E-state index contributed by atoms with van der Waals surface area (Å²) in [6.45, 7) is 5.59. The molecule has 0 spiro atoms. The van der Waals surface area contributed by atoms with E-state index >= 15 is 0 Å². The summed E-state index contributed by atoms with van der Waals surface area (Å²) < 4.78 is 13.0. The lowest BCUT2D eigenvalue weighted by Crippen LogP contribution is -2.38. The number of piperidine rings is 1. The van der Waals surface area contributed by atoms with Gasteiger partial charge in [0, 0.05) is 45.8 Å². The molecular formula is C22H27ClN5OP. The Morgan fingerprint density at radius 1 is 1.23 bits per heavy atom. The van der Waals surface area contributed by atoms with Crippen molar-refractivity contribution >= 4 is 40.9 Å². The highest BCUT2D eigenvalue weighted by Gasteiger charge is 2.26. The van der Waals surface area contributed by atoms with Gasteiger partial charge in [-0.25, -0.2) is 9.97 Å². The van der Waals surface area contributed by atoms with Gasteiger partial charge in [0.2, 0.25) is 5.95 Å². The van der Waals surface area contributed by atoms with Crippen molar-refractivity contribution in [3.8, 4) is 11.3 Å². The summed E-state index contributed by atoms with van der Waals surface area (Å²) in [5, 5.41) is 9.34. The predicted molar refractivity (Wildman–Crippen MR) is 125 cm³/mol. The first-order valence-corrected chi connectivity index (χ1v) is 13.6. The molecule has 5 rings (SSSR count). The Balaban J connectivity index is 1.67. The molecule has 1 aromatic carbocycles. The predicted octanol–water partition coefficient (Wildman–Crippen LogP) is 4.18. The molecular weight excluding hydrogens is 417 g/mol. The molecule has 0 bridgehead atoms. The maximum absolute atomic E-state index is 13.0. The van der Waals surface area contributed by atoms with Crippen LogP contribution in [0.2, 0.25) is 5.02 Å². The summed E-state index contributed by atoms with van der Waals surface area (Å²) in [6.07, 6.45) is 7.12. The van der Waals surface area contributed by atoms with Crippen LogP contribution in [-0.2, 0) is 17.4 Å². The zero-order valence-corrected chi connectivity index (χ0v) is 19.0. The summed E-state index contributed by atoms with van der Waals surface area (Å²) in [4.78, 5) is 13.2. The monoisotopic (exact) mass is 443 g/mol. The number of halogens is 1. The maximum Gasteiger partial charge on any atom is 0.223 e. The molecule has 1 saturated heterocycles. The summed E-state index contributed by atoms with van der Waals surface area (Å²) in [5.74, 6) is 0.670. The summed E-state index contributed by atoms with van der Waals surface area (Å²) in [5.41, 5.74) is 5.27. The Labute approximate surface area is 181 Å². The Morgan fingerprint density at radius 3 is 2.87 bits per heavy atom. The zero-order valence-electron chi connectivity index (χ0n) is 17.4. The molecule has 0 saturated carbocycles. The van der Waals surface area contributed by atoms with E-state index < -0.39 is 7.14 Å². The Morgan fingerprint density at radius 2 is 2.10 bits per heavy atom. The van der Waals surface area contributed by atoms with Crippen LogP contribution in [0.4, 0.5) is 5.95 Å². The van der Waals surface area contributed by atoms with E-state index in [1.807, 2.05) is 18.3 Å². The molecule has 0 radical (unpaired) electrons. The molecule has 2 aliphatic rings. The molecule has 6 nitrogen and oxygen atoms in total. The number of hydrogen-bond acceptors (Lipinski definition) is 5. The molecule has 30 heavy (non-hydrogen) atoms. The molecule has 3 aromatic rings. The SMILES string of the molecule is CP(C)(=O)c1cc(Cl)cc2c3c([nH]c12)CCCc1cnc(N[C@H]2CCCNC2)nc1-3. The van der Waals surface area contributed by atoms with Gasteiger partial charge in [0.25, 0.3) is 0 Å². The zero-order chi connectivity index (χ0) is 20.9. The molecule has 3 heterocycles. The van der Waals surface area contributed by atoms with Crippen molar-refractivity contribution < 1.29 is 4.57 Å². The lowest BCUT2D eigenvalue weighted by Gasteiger charge is -2.24. The average Bonchev–Trinajstić information content (AvgIpc) is 2.96. The number of benzene rings is 1. The van der Waals surface area contributed by atoms with E-state index in [1.165, 1.54) is 0 Å². The lowest BCUT2D eigenvalue weighted by atomic mass is 10.0. The Kier molecular flexibility index (Phi) is 5.12. The third-order valence-corrected chi connectivity index (χ3v) is 7.85. The molecule has 158 valence electrons. The van der Waals surface area contributed by atoms with Crippen LogP contribution in [0.25, 0.3) is 22.2 Å². The third kappa shape index (κ3) is 3.66. The highest BCUT2D eigenvalue weighted by atomic mass is 35.5. The van der Waals surface area contributed by atoms with E-state index in [0.717, 1.165) is 83.9 Å². The van der Waals surface area contributed by atoms with Crippen LogP contribution >= 0.6 is 18.7 Å². The van der Waals surface area contributed by atoms with Crippen LogP contribution in [0, 0.1) is 0 Å². The van der Waals surface area contributed by atoms with Crippen LogP contribution < -0.4 is 15.9 Å². The second-order valence-electron chi connectivity index (χ2n) is 8.79. The fraction of sp³-hybridized carbons (Fsp3) is 0.455. The number of fused-ring (bicyclic) bond motifs is 5. The van der Waals surface area contributed by atoms with Gasteiger partial charge in [0.1, 0.15) is 7.14 Å². The number of aromatic amines is 1. The summed E-state index contributed by atoms with van der Waals surface area (Å²) in [6, 6.07) is 4.16. The smallest absolute Gasteiger partial charge is 0.223 e. The molecule has 3 N–H and O–H groups in total. The molecule has 0 unspecified atom stereocenters. The number of hydrogen-bond donors (Lipinski definition) is 3. The maximum atomic E-state index is 13.0. The molecule has 1 aliphatic heterocycles. The van der Waals surface area contributed by atoms with Crippen molar-refractivity contribution in [1.82, 2.24) is 20.3 Å². The topological polar surface area (TPSA) is 82.7 Å². The minimum absolute atomic E-state index is 0.345. The summed E-state index contributed by atoms with van der Waals surface area (Å²) in [7, 11) is -2.49. The van der Waals surface area contributed by atoms with Gasteiger partial charge in [0.15, 0.2) is 0 Å². The molecule has 1 fully saturated rings. The Bertz CT molecular complexity index is 1160. The van der Waals surface area contributed by atoms with Crippen LogP contribution in [0.1, 0.15) is 30.5 Å². The molecule has 0 amide bonds. The highest BCUT2D eigenvalue weighted by Crippen LogP contribution is 2.43. The number of aromatic nitrogens is 3. The van der Waals surface area contributed by atoms with Gasteiger partial charge >= 0.3 is 0 Å². The van der Waals surface area contributed by atoms with Crippen molar-refractivity contribution in [2.75, 3.05) is 31.7 Å². The molecule has 8 heteroatoms. The van der Waals surface area contributed by atoms with Gasteiger partial charge in [-0.15, -0.1) is 0 Å². The number of rotatable bonds is 3. The minimum Gasteiger partial charge on any atom is -0.357 e. The minimum atomic E-state index is -2.49. The third-order valence-electron chi connectivity index (χ3n) is 6.11. The first kappa shape index (κ1) is 20.0. The highest BCUT2D eigenvalue weighted by molar-refractivity contribution is 7.70. The van der Waals surface area contributed by atoms with Crippen LogP contribution in [0.15, 0.2) is 18.3 Å².